The van der Waals surface area contributed by atoms with Crippen LogP contribution in [0.4, 0.5) is 32.8 Å². The second kappa shape index (κ2) is 40.0. The number of carbonyl (C=O) groups is 1. The van der Waals surface area contributed by atoms with Gasteiger partial charge in [0.15, 0.2) is 22.7 Å². The Hall–Kier alpha value is -13.3. The predicted octanol–water partition coefficient (Wildman–Crippen LogP) is 30.1. The molecule has 0 radical (unpaired) electrons. The highest BCUT2D eigenvalue weighted by Crippen LogP contribution is 2.48. The van der Waals surface area contributed by atoms with Crippen LogP contribution in [0, 0.1) is 122 Å². The number of aliphatic hydroxyl groups is 4. The molecule has 5 saturated carbocycles. The van der Waals surface area contributed by atoms with Crippen molar-refractivity contribution in [2.45, 2.75) is 266 Å². The number of hydrogen-bond acceptors (Lipinski definition) is 6. The third-order valence-electron chi connectivity index (χ3n) is 29.9. The molecule has 6 aromatic heterocycles. The average molecular weight is 1770 g/mol. The van der Waals surface area contributed by atoms with E-state index in [1.807, 2.05) is 62.6 Å². The van der Waals surface area contributed by atoms with Crippen LogP contribution in [0.2, 0.25) is 0 Å². The van der Waals surface area contributed by atoms with Crippen LogP contribution >= 0.6 is 0 Å². The molecule has 6 heterocycles. The third-order valence-corrected chi connectivity index (χ3v) is 29.9. The van der Waals surface area contributed by atoms with Gasteiger partial charge in [-0.25, -0.2) is 28.6 Å². The largest absolute Gasteiger partial charge is 0.393 e. The number of fused-ring (bicyclic) bond motifs is 5. The van der Waals surface area contributed by atoms with Gasteiger partial charge in [0.05, 0.1) is 57.3 Å². The Morgan fingerprint density at radius 2 is 0.564 bits per heavy atom. The van der Waals surface area contributed by atoms with E-state index in [0.717, 1.165) is 193 Å². The van der Waals surface area contributed by atoms with Crippen molar-refractivity contribution in [3.63, 3.8) is 0 Å². The molecule has 9 aromatic carbocycles. The number of aliphatic hydroxyl groups excluding tert-OH is 4. The standard InChI is InChI=1S/C24H26N2O.C23H23FN2O.C23H25N3O.C23H24N2O.C23H22N2O/c1-15-6-5-7-20(17(15)3)22-14-26(18-8-10-19(27)11-9-18)24-12-16(2)23(25-4)13-21(22)24;1-14-5-4-6-18(15(14)2)20-13-26(16-7-9-17(27)10-8-16)23-12-21(24)22(25-3)11-19(20)23;1-14-9-23-19(10-22(14)24-4)21(20-12-25-11-15(2)16(20)3)13-26(23)17-5-7-18(27)8-6-17;2*1-15-5-4-6-20(16(15)2)22-14-25(18-8-10-19(26)11-9-18)23-12-7-17(24-3)13-21(22)23/h5-7,12-14,18-19,27H,8-11H2,1-3H3;4-6,11-13,16-17,27H,7-10H2,1-2H3;9-13,17-18,27H,5-8H2,1-3H3;4-7,12-14,18-19,26H,8-11H2,1-2H3;4-7,12-14,18H,8-11H2,1-2H3. The molecule has 20 rings (SSSR count). The van der Waals surface area contributed by atoms with Gasteiger partial charge >= 0.3 is 0 Å². The van der Waals surface area contributed by atoms with E-state index in [1.54, 1.807) is 6.07 Å². The highest BCUT2D eigenvalue weighted by atomic mass is 19.1. The number of benzene rings is 9. The summed E-state index contributed by atoms with van der Waals surface area (Å²) in [5.74, 6) is -0.0945. The van der Waals surface area contributed by atoms with Crippen LogP contribution in [0.1, 0.15) is 225 Å². The van der Waals surface area contributed by atoms with Gasteiger partial charge in [-0.1, -0.05) is 84.9 Å². The van der Waals surface area contributed by atoms with Gasteiger partial charge in [-0.15, -0.1) is 0 Å². The Morgan fingerprint density at radius 3 is 0.880 bits per heavy atom. The number of carbonyl (C=O) groups excluding carboxylic acids is 1. The Bertz CT molecular complexity index is 6760. The highest BCUT2D eigenvalue weighted by Gasteiger charge is 2.32. The summed E-state index contributed by atoms with van der Waals surface area (Å²) in [7, 11) is 0. The summed E-state index contributed by atoms with van der Waals surface area (Å²) in [4.78, 5) is 34.1. The molecule has 5 aliphatic rings. The maximum atomic E-state index is 14.4. The van der Waals surface area contributed by atoms with Crippen molar-refractivity contribution < 1.29 is 29.6 Å². The summed E-state index contributed by atoms with van der Waals surface area (Å²) in [5.41, 5.74) is 34.7. The van der Waals surface area contributed by atoms with E-state index in [1.165, 1.54) is 112 Å². The fraction of sp³-hybridized carbons (Fsp3) is 0.353. The van der Waals surface area contributed by atoms with Crippen molar-refractivity contribution in [2.24, 2.45) is 0 Å². The molecule has 16 nitrogen and oxygen atoms in total. The number of aromatic nitrogens is 6. The van der Waals surface area contributed by atoms with E-state index >= 15 is 0 Å². The monoisotopic (exact) mass is 1770 g/mol. The number of Topliss-reactive ketones (excluding diaryl/α,β-unsaturated/α-hetero) is 1. The molecular weight excluding hydrogens is 1650 g/mol. The van der Waals surface area contributed by atoms with Gasteiger partial charge in [0.25, 0.3) is 0 Å². The second-order valence-electron chi connectivity index (χ2n) is 38.1. The van der Waals surface area contributed by atoms with Crippen molar-refractivity contribution in [1.82, 2.24) is 27.8 Å². The fourth-order valence-electron chi connectivity index (χ4n) is 21.2. The third kappa shape index (κ3) is 19.1. The molecule has 676 valence electrons. The molecule has 0 aliphatic heterocycles. The molecule has 5 fully saturated rings. The number of rotatable bonds is 10. The van der Waals surface area contributed by atoms with Crippen LogP contribution in [0.15, 0.2) is 189 Å². The first-order valence-corrected chi connectivity index (χ1v) is 47.4. The Labute approximate surface area is 781 Å². The van der Waals surface area contributed by atoms with E-state index in [9.17, 15) is 29.6 Å². The second-order valence-corrected chi connectivity index (χ2v) is 38.1. The minimum Gasteiger partial charge on any atom is -0.393 e. The average Bonchev–Trinajstić information content (AvgIpc) is 1.55. The highest BCUT2D eigenvalue weighted by molar-refractivity contribution is 6.04. The molecule has 133 heavy (non-hydrogen) atoms. The van der Waals surface area contributed by atoms with E-state index in [2.05, 4.69) is 249 Å². The first-order chi connectivity index (χ1) is 64.1. The molecular formula is C116H120FN11O5. The quantitative estimate of drug-likeness (QED) is 0.0999. The normalized spacial score (nSPS) is 19.1. The number of hydrogen-bond donors (Lipinski definition) is 4. The van der Waals surface area contributed by atoms with Gasteiger partial charge < -0.3 is 43.3 Å². The lowest BCUT2D eigenvalue weighted by Crippen LogP contribution is -2.20. The molecule has 0 atom stereocenters. The van der Waals surface area contributed by atoms with E-state index in [-0.39, 0.29) is 36.1 Å². The number of aryl methyl sites for hydroxylation is 7. The van der Waals surface area contributed by atoms with Gasteiger partial charge in [0, 0.05) is 147 Å². The maximum Gasteiger partial charge on any atom is 0.222 e. The van der Waals surface area contributed by atoms with Gasteiger partial charge in [-0.2, -0.15) is 0 Å². The summed E-state index contributed by atoms with van der Waals surface area (Å²) < 4.78 is 26.1. The van der Waals surface area contributed by atoms with Crippen LogP contribution in [-0.2, 0) is 4.79 Å². The number of pyridine rings is 1. The van der Waals surface area contributed by atoms with Gasteiger partial charge in [-0.05, 0) is 375 Å². The SMILES string of the molecule is [C-]#[N+]c1cc2c(-c3cccc(C)c3C)cn(C3CCC(O)CC3)c2cc1C.[C-]#[N+]c1cc2c(-c3cccc(C)c3C)cn(C3CCC(O)CC3)c2cc1F.[C-]#[N+]c1cc2c(-c3cncc(C)c3C)cn(C3CCC(O)CC3)c2cc1C.[C-]#[N+]c1ccc2c(c1)c(-c1cccc(C)c1C)cn2C1CCC(=O)CC1.[C-]#[N+]c1ccc2c(c1)c(-c1cccc(C)c1C)cn2C1CCC(O)CC1. The number of ketones is 1. The van der Waals surface area contributed by atoms with E-state index < -0.39 is 5.82 Å². The molecule has 0 amide bonds. The van der Waals surface area contributed by atoms with Crippen LogP contribution in [0.25, 0.3) is 134 Å². The van der Waals surface area contributed by atoms with Crippen molar-refractivity contribution in [2.75, 3.05) is 0 Å². The van der Waals surface area contributed by atoms with Gasteiger partial charge in [0.1, 0.15) is 11.6 Å². The summed E-state index contributed by atoms with van der Waals surface area (Å²) in [6.45, 7) is 62.5. The summed E-state index contributed by atoms with van der Waals surface area (Å²) in [6.07, 6.45) is 31.8. The van der Waals surface area contributed by atoms with Crippen molar-refractivity contribution in [1.29, 1.82) is 0 Å². The van der Waals surface area contributed by atoms with Crippen LogP contribution in [0.5, 0.6) is 0 Å². The molecule has 0 bridgehead atoms. The summed E-state index contributed by atoms with van der Waals surface area (Å²) in [5, 5.41) is 45.0. The van der Waals surface area contributed by atoms with Gasteiger partial charge in [0.2, 0.25) is 5.69 Å². The number of halogens is 1. The van der Waals surface area contributed by atoms with Crippen LogP contribution < -0.4 is 0 Å². The Balaban J connectivity index is 0.000000121. The lowest BCUT2D eigenvalue weighted by molar-refractivity contribution is -0.120. The maximum absolute atomic E-state index is 14.4. The zero-order valence-corrected chi connectivity index (χ0v) is 78.7. The molecule has 15 aromatic rings. The first-order valence-electron chi connectivity index (χ1n) is 47.4. The van der Waals surface area contributed by atoms with Crippen LogP contribution in [0.3, 0.4) is 0 Å². The minimum atomic E-state index is -0.472. The van der Waals surface area contributed by atoms with Crippen LogP contribution in [-0.4, -0.2) is 78.4 Å². The van der Waals surface area contributed by atoms with Crippen molar-refractivity contribution in [3.8, 4) is 55.6 Å². The zero-order chi connectivity index (χ0) is 93.9. The Kier molecular flexibility index (Phi) is 28.0. The van der Waals surface area contributed by atoms with Crippen molar-refractivity contribution in [3.05, 3.63) is 319 Å². The molecule has 17 heteroatoms. The Morgan fingerprint density at radius 1 is 0.286 bits per heavy atom. The molecule has 0 unspecified atom stereocenters. The summed E-state index contributed by atoms with van der Waals surface area (Å²) in [6, 6.07) is 50.9. The molecule has 0 saturated heterocycles. The lowest BCUT2D eigenvalue weighted by Gasteiger charge is -2.27. The van der Waals surface area contributed by atoms with Crippen molar-refractivity contribution >= 4 is 88.7 Å². The van der Waals surface area contributed by atoms with Gasteiger partial charge in [-0.3, -0.25) is 9.78 Å². The first kappa shape index (κ1) is 93.0. The minimum absolute atomic E-state index is 0.0610. The topological polar surface area (TPSA) is 157 Å². The molecule has 5 aliphatic carbocycles. The fourth-order valence-corrected chi connectivity index (χ4v) is 21.2. The molecule has 0 spiro atoms. The predicted molar refractivity (Wildman–Crippen MR) is 539 cm³/mol. The van der Waals surface area contributed by atoms with E-state index in [4.69, 9.17) is 32.9 Å². The zero-order valence-electron chi connectivity index (χ0n) is 78.7. The smallest absolute Gasteiger partial charge is 0.222 e. The van der Waals surface area contributed by atoms with E-state index in [0.29, 0.717) is 59.9 Å². The lowest BCUT2D eigenvalue weighted by atomic mass is 9.93. The number of nitrogens with zero attached hydrogens (tertiary/aromatic N) is 11. The summed E-state index contributed by atoms with van der Waals surface area (Å²) >= 11 is 0. The molecule has 4 N–H and O–H groups in total.